The van der Waals surface area contributed by atoms with Crippen molar-refractivity contribution in [1.29, 1.82) is 0 Å². The monoisotopic (exact) mass is 528 g/mol. The van der Waals surface area contributed by atoms with E-state index in [9.17, 15) is 18.3 Å². The summed E-state index contributed by atoms with van der Waals surface area (Å²) in [4.78, 5) is 10.3. The molecule has 0 aliphatic carbocycles. The number of carboxylic acid groups (broad SMARTS) is 1. The van der Waals surface area contributed by atoms with Gasteiger partial charge in [-0.2, -0.15) is 0 Å². The molecule has 0 fully saturated rings. The predicted molar refractivity (Wildman–Crippen MR) is 151 cm³/mol. The largest absolute Gasteiger partial charge is 0.481 e. The first-order valence-electron chi connectivity index (χ1n) is 13.8. The highest BCUT2D eigenvalue weighted by Crippen LogP contribution is 2.17. The van der Waals surface area contributed by atoms with Crippen molar-refractivity contribution in [2.45, 2.75) is 123 Å². The standard InChI is InChI=1S/C16H32O2.C12H20N2O3S/c1-2-3-4-5-6-7-8-9-10-11-12-13-14-15-16(17)18;1-9(2)13-8-12(15)10-4-6-11(7-5-10)14-18(3,16)17/h2-15H2,1H3,(H,17,18);4-7,9,12-15H,8H2,1-3H3. The van der Waals surface area contributed by atoms with E-state index in [1.807, 2.05) is 13.8 Å². The number of aliphatic carboxylic acids is 1. The van der Waals surface area contributed by atoms with Crippen LogP contribution in [0.3, 0.4) is 0 Å². The zero-order valence-corrected chi connectivity index (χ0v) is 23.9. The first kappa shape index (κ1) is 34.4. The van der Waals surface area contributed by atoms with Gasteiger partial charge in [0.15, 0.2) is 0 Å². The van der Waals surface area contributed by atoms with Crippen LogP contribution >= 0.6 is 0 Å². The maximum absolute atomic E-state index is 11.0. The Hall–Kier alpha value is -1.64. The number of rotatable bonds is 20. The average molecular weight is 529 g/mol. The molecule has 0 aliphatic rings. The van der Waals surface area contributed by atoms with Crippen LogP contribution < -0.4 is 10.0 Å². The maximum atomic E-state index is 11.0. The smallest absolute Gasteiger partial charge is 0.303 e. The molecule has 210 valence electrons. The van der Waals surface area contributed by atoms with Crippen LogP contribution in [0.2, 0.25) is 0 Å². The third kappa shape index (κ3) is 22.8. The Morgan fingerprint density at radius 3 is 1.67 bits per heavy atom. The second-order valence-electron chi connectivity index (χ2n) is 9.96. The summed E-state index contributed by atoms with van der Waals surface area (Å²) in [5.41, 5.74) is 1.24. The van der Waals surface area contributed by atoms with Gasteiger partial charge in [-0.3, -0.25) is 9.52 Å². The fraction of sp³-hybridized carbons (Fsp3) is 0.750. The summed E-state index contributed by atoms with van der Waals surface area (Å²) in [6.45, 7) is 6.74. The second kappa shape index (κ2) is 21.4. The molecule has 0 saturated heterocycles. The molecule has 1 aromatic carbocycles. The van der Waals surface area contributed by atoms with E-state index in [0.29, 0.717) is 24.7 Å². The van der Waals surface area contributed by atoms with Crippen molar-refractivity contribution >= 4 is 21.7 Å². The molecule has 4 N–H and O–H groups in total. The second-order valence-corrected chi connectivity index (χ2v) is 11.7. The van der Waals surface area contributed by atoms with E-state index in [4.69, 9.17) is 5.11 Å². The number of hydrogen-bond acceptors (Lipinski definition) is 5. The number of hydrogen-bond donors (Lipinski definition) is 4. The molecule has 1 atom stereocenters. The van der Waals surface area contributed by atoms with Gasteiger partial charge < -0.3 is 15.5 Å². The molecule has 0 heterocycles. The normalized spacial score (nSPS) is 12.2. The first-order valence-corrected chi connectivity index (χ1v) is 15.6. The summed E-state index contributed by atoms with van der Waals surface area (Å²) < 4.78 is 24.4. The number of carboxylic acids is 1. The third-order valence-electron chi connectivity index (χ3n) is 5.81. The van der Waals surface area contributed by atoms with Gasteiger partial charge in [0.1, 0.15) is 0 Å². The molecule has 0 radical (unpaired) electrons. The van der Waals surface area contributed by atoms with Crippen molar-refractivity contribution in [3.63, 3.8) is 0 Å². The lowest BCUT2D eigenvalue weighted by Crippen LogP contribution is -2.27. The van der Waals surface area contributed by atoms with Crippen LogP contribution in [0.25, 0.3) is 0 Å². The average Bonchev–Trinajstić information content (AvgIpc) is 2.80. The third-order valence-corrected chi connectivity index (χ3v) is 6.42. The van der Waals surface area contributed by atoms with Gasteiger partial charge in [0.2, 0.25) is 10.0 Å². The van der Waals surface area contributed by atoms with Gasteiger partial charge >= 0.3 is 5.97 Å². The van der Waals surface area contributed by atoms with Gasteiger partial charge in [-0.25, -0.2) is 8.42 Å². The van der Waals surface area contributed by atoms with Crippen molar-refractivity contribution in [2.75, 3.05) is 17.5 Å². The fourth-order valence-corrected chi connectivity index (χ4v) is 4.31. The number of benzene rings is 1. The van der Waals surface area contributed by atoms with E-state index in [1.165, 1.54) is 70.6 Å². The highest BCUT2D eigenvalue weighted by Gasteiger charge is 2.08. The Balaban J connectivity index is 0.000000681. The summed E-state index contributed by atoms with van der Waals surface area (Å²) in [7, 11) is -3.26. The number of sulfonamides is 1. The summed E-state index contributed by atoms with van der Waals surface area (Å²) in [5.74, 6) is -0.655. The van der Waals surface area contributed by atoms with E-state index in [-0.39, 0.29) is 0 Å². The van der Waals surface area contributed by atoms with Crippen LogP contribution in [0.4, 0.5) is 5.69 Å². The number of carbonyl (C=O) groups is 1. The van der Waals surface area contributed by atoms with Crippen molar-refractivity contribution in [3.8, 4) is 0 Å². The van der Waals surface area contributed by atoms with Crippen LogP contribution in [0.15, 0.2) is 24.3 Å². The molecule has 36 heavy (non-hydrogen) atoms. The Bertz CT molecular complexity index is 767. The summed E-state index contributed by atoms with van der Waals surface area (Å²) in [6, 6.07) is 7.00. The van der Waals surface area contributed by atoms with Gasteiger partial charge in [0, 0.05) is 24.7 Å². The molecule has 8 heteroatoms. The zero-order valence-electron chi connectivity index (χ0n) is 23.1. The van der Waals surface area contributed by atoms with E-state index < -0.39 is 22.1 Å². The Kier molecular flexibility index (Phi) is 20.5. The predicted octanol–water partition coefficient (Wildman–Crippen LogP) is 6.64. The quantitative estimate of drug-likeness (QED) is 0.141. The highest BCUT2D eigenvalue weighted by atomic mass is 32.2. The van der Waals surface area contributed by atoms with Gasteiger partial charge in [0.25, 0.3) is 0 Å². The molecule has 0 bridgehead atoms. The van der Waals surface area contributed by atoms with Crippen LogP contribution in [0.5, 0.6) is 0 Å². The zero-order chi connectivity index (χ0) is 27.2. The Labute approximate surface area is 220 Å². The lowest BCUT2D eigenvalue weighted by molar-refractivity contribution is -0.137. The van der Waals surface area contributed by atoms with Crippen molar-refractivity contribution in [3.05, 3.63) is 29.8 Å². The first-order chi connectivity index (χ1) is 17.0. The summed E-state index contributed by atoms with van der Waals surface area (Å²) in [5, 5.41) is 21.5. The summed E-state index contributed by atoms with van der Waals surface area (Å²) >= 11 is 0. The Morgan fingerprint density at radius 2 is 1.28 bits per heavy atom. The van der Waals surface area contributed by atoms with Crippen LogP contribution in [-0.2, 0) is 14.8 Å². The molecular formula is C28H52N2O5S. The molecule has 7 nitrogen and oxygen atoms in total. The summed E-state index contributed by atoms with van der Waals surface area (Å²) in [6.07, 6.45) is 17.8. The minimum atomic E-state index is -3.26. The highest BCUT2D eigenvalue weighted by molar-refractivity contribution is 7.92. The lowest BCUT2D eigenvalue weighted by atomic mass is 10.0. The molecule has 0 aromatic heterocycles. The molecule has 0 spiro atoms. The SMILES string of the molecule is CC(C)NCC(O)c1ccc(NS(C)(=O)=O)cc1.CCCCCCCCCCCCCCCC(=O)O. The van der Waals surface area contributed by atoms with Gasteiger partial charge in [0.05, 0.1) is 12.4 Å². The van der Waals surface area contributed by atoms with E-state index in [0.717, 1.165) is 24.7 Å². The number of aliphatic hydroxyl groups excluding tert-OH is 1. The van der Waals surface area contributed by atoms with Crippen molar-refractivity contribution < 1.29 is 23.4 Å². The van der Waals surface area contributed by atoms with Gasteiger partial charge in [-0.05, 0) is 24.1 Å². The molecule has 0 saturated carbocycles. The number of unbranched alkanes of at least 4 members (excludes halogenated alkanes) is 12. The van der Waals surface area contributed by atoms with E-state index >= 15 is 0 Å². The number of anilines is 1. The number of aliphatic hydroxyl groups is 1. The topological polar surface area (TPSA) is 116 Å². The van der Waals surface area contributed by atoms with Crippen molar-refractivity contribution in [1.82, 2.24) is 5.32 Å². The molecule has 0 amide bonds. The van der Waals surface area contributed by atoms with E-state index in [1.54, 1.807) is 24.3 Å². The van der Waals surface area contributed by atoms with Gasteiger partial charge in [-0.1, -0.05) is 110 Å². The molecule has 1 aromatic rings. The van der Waals surface area contributed by atoms with Gasteiger partial charge in [-0.15, -0.1) is 0 Å². The van der Waals surface area contributed by atoms with Crippen LogP contribution in [0.1, 0.15) is 122 Å². The van der Waals surface area contributed by atoms with Crippen LogP contribution in [0, 0.1) is 0 Å². The fourth-order valence-electron chi connectivity index (χ4n) is 3.75. The Morgan fingerprint density at radius 1 is 0.833 bits per heavy atom. The van der Waals surface area contributed by atoms with E-state index in [2.05, 4.69) is 17.0 Å². The molecular weight excluding hydrogens is 476 g/mol. The minimum Gasteiger partial charge on any atom is -0.481 e. The maximum Gasteiger partial charge on any atom is 0.303 e. The lowest BCUT2D eigenvalue weighted by Gasteiger charge is -2.14. The molecule has 1 rings (SSSR count). The number of nitrogens with one attached hydrogen (secondary N) is 2. The minimum absolute atomic E-state index is 0.311. The molecule has 1 unspecified atom stereocenters. The van der Waals surface area contributed by atoms with Crippen molar-refractivity contribution in [2.24, 2.45) is 0 Å². The van der Waals surface area contributed by atoms with Crippen LogP contribution in [-0.4, -0.2) is 43.4 Å². The molecule has 0 aliphatic heterocycles.